The van der Waals surface area contributed by atoms with E-state index in [0.717, 1.165) is 17.6 Å². The lowest BCUT2D eigenvalue weighted by Crippen LogP contribution is -2.48. The van der Waals surface area contributed by atoms with E-state index in [0.29, 0.717) is 0 Å². The van der Waals surface area contributed by atoms with Crippen LogP contribution in [-0.2, 0) is 49.6 Å². The van der Waals surface area contributed by atoms with E-state index in [9.17, 15) is 18.1 Å². The Morgan fingerprint density at radius 1 is 1.09 bits per heavy atom. The fraction of sp³-hybridized carbons (Fsp3) is 0.550. The molecule has 5 aliphatic rings. The number of nitrogens with zero attached hydrogens (tertiary/aromatic N) is 8. The minimum absolute atomic E-state index is 0.0133. The van der Waals surface area contributed by atoms with E-state index < -0.39 is 91.3 Å². The van der Waals surface area contributed by atoms with Crippen molar-refractivity contribution in [2.45, 2.75) is 55.3 Å². The van der Waals surface area contributed by atoms with Crippen molar-refractivity contribution >= 4 is 69.9 Å². The molecule has 2 aromatic rings. The number of guanidine groups is 1. The van der Waals surface area contributed by atoms with Gasteiger partial charge in [0, 0.05) is 6.54 Å². The van der Waals surface area contributed by atoms with Gasteiger partial charge in [0.1, 0.15) is 36.3 Å². The number of hydrogen-bond donors (Lipinski definition) is 4. The number of halogens is 2. The van der Waals surface area contributed by atoms with Gasteiger partial charge in [-0.05, 0) is 11.8 Å². The lowest BCUT2D eigenvalue weighted by Gasteiger charge is -2.28. The van der Waals surface area contributed by atoms with Crippen LogP contribution < -0.4 is 16.2 Å². The zero-order valence-electron chi connectivity index (χ0n) is 22.3. The highest BCUT2D eigenvalue weighted by atomic mass is 32.5. The molecule has 0 saturated carbocycles. The number of ether oxygens (including phenoxy) is 2. The third kappa shape index (κ3) is 5.39. The third-order valence-electron chi connectivity index (χ3n) is 7.36. The second-order valence-electron chi connectivity index (χ2n) is 10.2. The number of hydrogen-bond acceptors (Lipinski definition) is 17. The van der Waals surface area contributed by atoms with E-state index in [1.807, 2.05) is 0 Å². The van der Waals surface area contributed by atoms with Crippen molar-refractivity contribution in [3.63, 3.8) is 0 Å². The average molecular weight is 694 g/mol. The van der Waals surface area contributed by atoms with Gasteiger partial charge in [0.15, 0.2) is 48.1 Å². The van der Waals surface area contributed by atoms with Gasteiger partial charge in [-0.3, -0.25) is 23.8 Å². The van der Waals surface area contributed by atoms with Crippen LogP contribution in [0.4, 0.5) is 14.6 Å². The average Bonchev–Trinajstić information content (AvgIpc) is 3.72. The molecule has 3 fully saturated rings. The number of nitrogens with one attached hydrogen (secondary N) is 1. The maximum atomic E-state index is 16.0. The van der Waals surface area contributed by atoms with Crippen molar-refractivity contribution in [2.75, 3.05) is 18.9 Å². The fourth-order valence-corrected chi connectivity index (χ4v) is 7.75. The van der Waals surface area contributed by atoms with Crippen LogP contribution in [0, 0.1) is 0 Å². The molecule has 0 bridgehead atoms. The summed E-state index contributed by atoms with van der Waals surface area (Å²) in [6.45, 7) is -5.75. The van der Waals surface area contributed by atoms with Crippen LogP contribution in [0.2, 0.25) is 0 Å². The molecule has 0 aliphatic carbocycles. The molecule has 2 aromatic heterocycles. The molecule has 7 heterocycles. The number of aliphatic imine (C=N–C) groups is 3. The van der Waals surface area contributed by atoms with E-state index in [1.54, 1.807) is 0 Å². The molecular formula is C20H22F2N11O9PS2. The Kier molecular flexibility index (Phi) is 7.42. The van der Waals surface area contributed by atoms with Crippen LogP contribution in [0.15, 0.2) is 27.6 Å². The molecule has 10 atom stereocenters. The van der Waals surface area contributed by atoms with E-state index in [-0.39, 0.29) is 28.8 Å². The van der Waals surface area contributed by atoms with Crippen LogP contribution in [0.1, 0.15) is 6.23 Å². The zero-order chi connectivity index (χ0) is 31.8. The highest BCUT2D eigenvalue weighted by Gasteiger charge is 2.55. The lowest BCUT2D eigenvalue weighted by atomic mass is 10.1. The van der Waals surface area contributed by atoms with Crippen molar-refractivity contribution in [3.05, 3.63) is 12.7 Å². The lowest BCUT2D eigenvalue weighted by molar-refractivity contribution is -0.117. The molecular weight excluding hydrogens is 671 g/mol. The van der Waals surface area contributed by atoms with Crippen molar-refractivity contribution < 1.29 is 49.6 Å². The first-order valence-electron chi connectivity index (χ1n) is 13.0. The Hall–Kier alpha value is -3.19. The number of nitrogens with two attached hydrogens (primary N) is 2. The molecule has 7 rings (SSSR count). The molecule has 20 nitrogen and oxygen atoms in total. The van der Waals surface area contributed by atoms with Gasteiger partial charge in [-0.1, -0.05) is 0 Å². The van der Waals surface area contributed by atoms with Crippen molar-refractivity contribution in [1.82, 2.24) is 29.1 Å². The largest absolute Gasteiger partial charge is 0.382 e. The van der Waals surface area contributed by atoms with Gasteiger partial charge in [0.2, 0.25) is 5.96 Å². The number of aromatic nitrogens is 4. The Balaban J connectivity index is 1.14. The summed E-state index contributed by atoms with van der Waals surface area (Å²) >= 11 is 5.10. The highest BCUT2D eigenvalue weighted by molar-refractivity contribution is 8.07. The van der Waals surface area contributed by atoms with Crippen molar-refractivity contribution in [3.8, 4) is 0 Å². The molecule has 5 aliphatic heterocycles. The summed E-state index contributed by atoms with van der Waals surface area (Å²) in [5, 5.41) is 0. The molecule has 0 spiro atoms. The Labute approximate surface area is 256 Å². The number of amides is 1. The maximum Gasteiger partial charge on any atom is 0.336 e. The molecule has 0 aromatic carbocycles. The first-order valence-corrected chi connectivity index (χ1v) is 17.0. The number of carbonyl (C=O) groups is 1. The summed E-state index contributed by atoms with van der Waals surface area (Å²) in [6.07, 6.45) is -10.5. The predicted octanol–water partition coefficient (Wildman–Crippen LogP) is -2.48. The minimum Gasteiger partial charge on any atom is -0.382 e. The zero-order valence-corrected chi connectivity index (χ0v) is 24.8. The summed E-state index contributed by atoms with van der Waals surface area (Å²) in [5.74, 6) is -1.20. The molecule has 242 valence electrons. The maximum absolute atomic E-state index is 16.0. The number of amidine groups is 1. The van der Waals surface area contributed by atoms with Crippen molar-refractivity contribution in [2.24, 2.45) is 20.7 Å². The number of carbonyl (C=O) groups excluding carboxylic acids is 1. The second-order valence-corrected chi connectivity index (χ2v) is 14.3. The monoisotopic (exact) mass is 693 g/mol. The molecule has 0 radical (unpaired) electrons. The number of fused-ring (bicyclic) bond motifs is 4. The normalized spacial score (nSPS) is 39.8. The van der Waals surface area contributed by atoms with Crippen LogP contribution in [-0.4, -0.2) is 124 Å². The fourth-order valence-electron chi connectivity index (χ4n) is 5.36. The van der Waals surface area contributed by atoms with Crippen LogP contribution in [0.25, 0.3) is 11.2 Å². The van der Waals surface area contributed by atoms with Gasteiger partial charge in [-0.25, -0.2) is 27.9 Å². The van der Waals surface area contributed by atoms with Crippen LogP contribution >= 0.6 is 6.72 Å². The van der Waals surface area contributed by atoms with Crippen LogP contribution in [0.5, 0.6) is 0 Å². The summed E-state index contributed by atoms with van der Waals surface area (Å²) in [7, 11) is -4.77. The summed E-state index contributed by atoms with van der Waals surface area (Å²) in [5.41, 5.74) is 11.6. The highest BCUT2D eigenvalue weighted by Crippen LogP contribution is 2.50. The Morgan fingerprint density at radius 3 is 2.64 bits per heavy atom. The van der Waals surface area contributed by atoms with Gasteiger partial charge in [-0.2, -0.15) is 23.1 Å². The van der Waals surface area contributed by atoms with Gasteiger partial charge >= 0.3 is 17.0 Å². The topological polar surface area (TPSA) is 266 Å². The molecule has 3 saturated heterocycles. The van der Waals surface area contributed by atoms with Gasteiger partial charge in [-0.15, -0.1) is 0 Å². The molecule has 1 amide bonds. The van der Waals surface area contributed by atoms with Crippen LogP contribution in [0.3, 0.4) is 0 Å². The number of rotatable bonds is 2. The standard InChI is InChI=1S/C20H22F2N11O9PS2/c21-8-12-6(39-18(8)33-5-28-11-16(33)30-20(24)31-17(11)34)1-29-45(36,37)42-13-7(2-38-43(35,44)41-12)40-19(9(13)22)32-4-27-10-14(23)25-3-26-15(10)32/h3-9,11-13,18-19,29H,1-2H2,(H,35,44)(H2,23,25,26)(H2,24,31,34)/t6-,7-,8-,9+,11?,12-,13-,18-,19-,43?/m1/s1. The van der Waals surface area contributed by atoms with Gasteiger partial charge in [0.25, 0.3) is 5.91 Å². The molecule has 25 heteroatoms. The number of anilines is 1. The third-order valence-corrected chi connectivity index (χ3v) is 9.92. The van der Waals surface area contributed by atoms with Gasteiger partial charge in [0.05, 0.1) is 19.3 Å². The summed E-state index contributed by atoms with van der Waals surface area (Å²) in [4.78, 5) is 47.5. The summed E-state index contributed by atoms with van der Waals surface area (Å²) < 4.78 is 88.6. The summed E-state index contributed by atoms with van der Waals surface area (Å²) in [6, 6.07) is -1.19. The smallest absolute Gasteiger partial charge is 0.336 e. The molecule has 6 N–H and O–H groups in total. The molecule has 45 heavy (non-hydrogen) atoms. The Bertz CT molecular complexity index is 1810. The predicted molar refractivity (Wildman–Crippen MR) is 149 cm³/mol. The quantitative estimate of drug-likeness (QED) is 0.237. The SMILES string of the molecule is NC1=NC(=O)C2N=CN([C@@H]3O[C@@H]4CNS(=O)(=O)O[C@H]5[C@H](F)[C@H](n6cnc7c(N)ncnc76)O[C@@H]5COP(O)(=S)O[C@H]4[C@H]3F)C2=N1. The first kappa shape index (κ1) is 30.5. The minimum atomic E-state index is -4.77. The van der Waals surface area contributed by atoms with E-state index in [1.165, 1.54) is 10.9 Å². The van der Waals surface area contributed by atoms with Crippen molar-refractivity contribution in [1.29, 1.82) is 0 Å². The number of imidazole rings is 1. The van der Waals surface area contributed by atoms with Gasteiger partial charge < -0.3 is 30.4 Å². The first-order chi connectivity index (χ1) is 21.3. The van der Waals surface area contributed by atoms with E-state index in [2.05, 4.69) is 34.7 Å². The van der Waals surface area contributed by atoms with E-state index in [4.69, 9.17) is 46.0 Å². The number of nitrogen functional groups attached to an aromatic ring is 1. The van der Waals surface area contributed by atoms with E-state index >= 15 is 8.78 Å². The second kappa shape index (κ2) is 11.0. The number of alkyl halides is 2. The Morgan fingerprint density at radius 2 is 1.84 bits per heavy atom. The molecule has 2 unspecified atom stereocenters.